The molecule has 9 nitrogen and oxygen atoms in total. The Morgan fingerprint density at radius 2 is 1.81 bits per heavy atom. The first-order valence-corrected chi connectivity index (χ1v) is 12.2. The Morgan fingerprint density at radius 1 is 1.08 bits per heavy atom. The second-order valence-electron chi connectivity index (χ2n) is 8.72. The smallest absolute Gasteiger partial charge is 0.271 e. The molecule has 0 radical (unpaired) electrons. The Morgan fingerprint density at radius 3 is 2.42 bits per heavy atom. The molecule has 3 heterocycles. The highest BCUT2D eigenvalue weighted by Crippen LogP contribution is 2.31. The number of carbonyl (C=O) groups excluding carboxylic acids is 2. The van der Waals surface area contributed by atoms with Gasteiger partial charge in [0.15, 0.2) is 0 Å². The number of anilines is 1. The van der Waals surface area contributed by atoms with Gasteiger partial charge >= 0.3 is 0 Å². The minimum absolute atomic E-state index is 0.0257. The predicted octanol–water partition coefficient (Wildman–Crippen LogP) is 3.62. The lowest BCUT2D eigenvalue weighted by molar-refractivity contribution is -0.132. The van der Waals surface area contributed by atoms with E-state index < -0.39 is 0 Å². The van der Waals surface area contributed by atoms with Crippen molar-refractivity contribution in [3.63, 3.8) is 0 Å². The first-order valence-electron chi connectivity index (χ1n) is 11.5. The summed E-state index contributed by atoms with van der Waals surface area (Å²) in [5.41, 5.74) is 3.24. The molecule has 36 heavy (non-hydrogen) atoms. The van der Waals surface area contributed by atoms with Crippen molar-refractivity contribution in [1.29, 1.82) is 0 Å². The summed E-state index contributed by atoms with van der Waals surface area (Å²) in [6.45, 7) is 4.50. The van der Waals surface area contributed by atoms with Crippen molar-refractivity contribution in [3.05, 3.63) is 58.0 Å². The molecule has 11 heteroatoms. The number of ether oxygens (including phenoxy) is 1. The van der Waals surface area contributed by atoms with Gasteiger partial charge in [-0.05, 0) is 31.2 Å². The molecule has 0 spiro atoms. The Labute approximate surface area is 220 Å². The van der Waals surface area contributed by atoms with Crippen molar-refractivity contribution in [2.24, 2.45) is 0 Å². The Balaban J connectivity index is 1.41. The average Bonchev–Trinajstić information content (AvgIpc) is 3.17. The quantitative estimate of drug-likeness (QED) is 0.483. The van der Waals surface area contributed by atoms with E-state index in [9.17, 15) is 9.59 Å². The van der Waals surface area contributed by atoms with E-state index in [1.165, 1.54) is 4.90 Å². The number of halogens is 2. The maximum Gasteiger partial charge on any atom is 0.271 e. The van der Waals surface area contributed by atoms with E-state index in [0.717, 1.165) is 5.69 Å². The molecule has 1 saturated heterocycles. The Kier molecular flexibility index (Phi) is 7.70. The summed E-state index contributed by atoms with van der Waals surface area (Å²) < 4.78 is 6.94. The highest BCUT2D eigenvalue weighted by atomic mass is 35.5. The van der Waals surface area contributed by atoms with E-state index in [2.05, 4.69) is 15.0 Å². The van der Waals surface area contributed by atoms with Crippen LogP contribution in [0.2, 0.25) is 10.0 Å². The van der Waals surface area contributed by atoms with Gasteiger partial charge in [0.25, 0.3) is 5.91 Å². The molecule has 0 aliphatic carbocycles. The van der Waals surface area contributed by atoms with Crippen LogP contribution >= 0.6 is 23.2 Å². The first kappa shape index (κ1) is 25.8. The molecule has 0 bridgehead atoms. The summed E-state index contributed by atoms with van der Waals surface area (Å²) in [4.78, 5) is 34.9. The molecule has 1 aromatic carbocycles. The SMILES string of the molecule is COc1cc(N2CCN(C(=O)Cn3nc(-c4ccc(C(=O)N(C)C)nc4)c(Cl)c3C)CC2)ccc1Cl. The third-order valence-corrected chi connectivity index (χ3v) is 6.98. The molecule has 4 rings (SSSR count). The zero-order valence-corrected chi connectivity index (χ0v) is 22.2. The highest BCUT2D eigenvalue weighted by molar-refractivity contribution is 6.33. The van der Waals surface area contributed by atoms with Crippen molar-refractivity contribution in [2.45, 2.75) is 13.5 Å². The number of hydrogen-bond acceptors (Lipinski definition) is 6. The third kappa shape index (κ3) is 5.27. The van der Waals surface area contributed by atoms with Gasteiger partial charge in [0.05, 0.1) is 22.8 Å². The average molecular weight is 531 g/mol. The van der Waals surface area contributed by atoms with Crippen LogP contribution in [0.15, 0.2) is 36.5 Å². The fourth-order valence-corrected chi connectivity index (χ4v) is 4.48. The van der Waals surface area contributed by atoms with E-state index in [-0.39, 0.29) is 18.4 Å². The van der Waals surface area contributed by atoms with Gasteiger partial charge in [-0.15, -0.1) is 0 Å². The second kappa shape index (κ2) is 10.8. The number of carbonyl (C=O) groups is 2. The first-order chi connectivity index (χ1) is 17.2. The van der Waals surface area contributed by atoms with E-state index in [0.29, 0.717) is 64.6 Å². The molecule has 1 fully saturated rings. The molecular formula is C25H28Cl2N6O3. The maximum atomic E-state index is 13.1. The number of piperazine rings is 1. The van der Waals surface area contributed by atoms with E-state index in [1.54, 1.807) is 44.2 Å². The van der Waals surface area contributed by atoms with Crippen molar-refractivity contribution >= 4 is 40.7 Å². The van der Waals surface area contributed by atoms with E-state index in [4.69, 9.17) is 27.9 Å². The molecule has 2 aromatic heterocycles. The molecule has 2 amide bonds. The van der Waals surface area contributed by atoms with Gasteiger partial charge in [-0.1, -0.05) is 23.2 Å². The third-order valence-electron chi connectivity index (χ3n) is 6.21. The summed E-state index contributed by atoms with van der Waals surface area (Å²) in [5.74, 6) is 0.418. The number of aromatic nitrogens is 3. The lowest BCUT2D eigenvalue weighted by Gasteiger charge is -2.36. The zero-order chi connectivity index (χ0) is 26.0. The highest BCUT2D eigenvalue weighted by Gasteiger charge is 2.24. The van der Waals surface area contributed by atoms with Crippen molar-refractivity contribution in [2.75, 3.05) is 52.3 Å². The predicted molar refractivity (Wildman–Crippen MR) is 140 cm³/mol. The molecule has 1 aliphatic rings. The number of amides is 2. The lowest BCUT2D eigenvalue weighted by Crippen LogP contribution is -2.49. The van der Waals surface area contributed by atoms with Gasteiger partial charge in [-0.3, -0.25) is 19.3 Å². The summed E-state index contributed by atoms with van der Waals surface area (Å²) in [6.07, 6.45) is 1.57. The topological polar surface area (TPSA) is 83.8 Å². The van der Waals surface area contributed by atoms with Crippen molar-refractivity contribution in [1.82, 2.24) is 24.6 Å². The van der Waals surface area contributed by atoms with Gasteiger partial charge in [-0.2, -0.15) is 5.10 Å². The minimum atomic E-state index is -0.185. The molecule has 190 valence electrons. The fourth-order valence-electron chi connectivity index (χ4n) is 4.04. The van der Waals surface area contributed by atoms with Gasteiger partial charge in [0.1, 0.15) is 23.7 Å². The minimum Gasteiger partial charge on any atom is -0.495 e. The number of rotatable bonds is 6. The summed E-state index contributed by atoms with van der Waals surface area (Å²) >= 11 is 12.7. The molecule has 3 aromatic rings. The number of nitrogens with zero attached hydrogens (tertiary/aromatic N) is 6. The standard InChI is InChI=1S/C25H28Cl2N6O3/c1-16-23(27)24(17-5-8-20(28-14-17)25(35)30(2)3)29-33(16)15-22(34)32-11-9-31(10-12-32)18-6-7-19(26)21(13-18)36-4/h5-8,13-14H,9-12,15H2,1-4H3. The van der Waals surface area contributed by atoms with Crippen LogP contribution in [0.5, 0.6) is 5.75 Å². The fraction of sp³-hybridized carbons (Fsp3) is 0.360. The summed E-state index contributed by atoms with van der Waals surface area (Å²) in [5, 5.41) is 5.60. The van der Waals surface area contributed by atoms with Gasteiger partial charge in [0.2, 0.25) is 5.91 Å². The van der Waals surface area contributed by atoms with Crippen molar-refractivity contribution < 1.29 is 14.3 Å². The van der Waals surface area contributed by atoms with Crippen LogP contribution < -0.4 is 9.64 Å². The number of hydrogen-bond donors (Lipinski definition) is 0. The zero-order valence-electron chi connectivity index (χ0n) is 20.7. The second-order valence-corrected chi connectivity index (χ2v) is 9.51. The van der Waals surface area contributed by atoms with Crippen LogP contribution in [-0.4, -0.2) is 83.8 Å². The summed E-state index contributed by atoms with van der Waals surface area (Å²) in [6, 6.07) is 9.08. The summed E-state index contributed by atoms with van der Waals surface area (Å²) in [7, 11) is 4.94. The molecule has 0 saturated carbocycles. The van der Waals surface area contributed by atoms with Crippen LogP contribution in [0.25, 0.3) is 11.3 Å². The van der Waals surface area contributed by atoms with Crippen molar-refractivity contribution in [3.8, 4) is 17.0 Å². The number of benzene rings is 1. The molecule has 0 atom stereocenters. The Hall–Kier alpha value is -3.30. The monoisotopic (exact) mass is 530 g/mol. The van der Waals surface area contributed by atoms with Crippen LogP contribution in [0.4, 0.5) is 5.69 Å². The molecule has 0 N–H and O–H groups in total. The largest absolute Gasteiger partial charge is 0.495 e. The van der Waals surface area contributed by atoms with Crippen LogP contribution in [0.3, 0.4) is 0 Å². The van der Waals surface area contributed by atoms with Crippen LogP contribution in [-0.2, 0) is 11.3 Å². The maximum absolute atomic E-state index is 13.1. The molecule has 1 aliphatic heterocycles. The van der Waals surface area contributed by atoms with E-state index >= 15 is 0 Å². The normalized spacial score (nSPS) is 13.6. The Bertz CT molecular complexity index is 1270. The van der Waals surface area contributed by atoms with Gasteiger partial charge in [0, 0.05) is 63.8 Å². The number of pyridine rings is 1. The van der Waals surface area contributed by atoms with E-state index in [1.807, 2.05) is 30.0 Å². The number of methoxy groups -OCH3 is 1. The van der Waals surface area contributed by atoms with Crippen LogP contribution in [0.1, 0.15) is 16.2 Å². The van der Waals surface area contributed by atoms with Gasteiger partial charge < -0.3 is 19.4 Å². The molecular weight excluding hydrogens is 503 g/mol. The van der Waals surface area contributed by atoms with Crippen LogP contribution in [0, 0.1) is 6.92 Å². The lowest BCUT2D eigenvalue weighted by atomic mass is 10.2. The van der Waals surface area contributed by atoms with Gasteiger partial charge in [-0.25, -0.2) is 0 Å². The molecule has 0 unspecified atom stereocenters.